The van der Waals surface area contributed by atoms with E-state index in [4.69, 9.17) is 4.74 Å². The van der Waals surface area contributed by atoms with Crippen molar-refractivity contribution in [3.63, 3.8) is 0 Å². The van der Waals surface area contributed by atoms with Crippen molar-refractivity contribution < 1.29 is 19.2 Å². The van der Waals surface area contributed by atoms with Gasteiger partial charge in [0.15, 0.2) is 0 Å². The first-order valence-corrected chi connectivity index (χ1v) is 11.3. The van der Waals surface area contributed by atoms with Crippen LogP contribution in [0.15, 0.2) is 24.3 Å². The molecule has 2 aliphatic heterocycles. The molecule has 2 fully saturated rings. The number of nitro groups is 1. The van der Waals surface area contributed by atoms with Gasteiger partial charge in [0.05, 0.1) is 18.1 Å². The third-order valence-corrected chi connectivity index (χ3v) is 5.80. The van der Waals surface area contributed by atoms with Crippen molar-refractivity contribution in [2.45, 2.75) is 20.3 Å². The molecule has 0 bridgehead atoms. The molecule has 2 aliphatic rings. The fourth-order valence-corrected chi connectivity index (χ4v) is 4.01. The summed E-state index contributed by atoms with van der Waals surface area (Å²) in [6.07, 6.45) is 0.521. The highest BCUT2D eigenvalue weighted by molar-refractivity contribution is 5.78. The van der Waals surface area contributed by atoms with Gasteiger partial charge in [0.2, 0.25) is 5.91 Å². The van der Waals surface area contributed by atoms with Crippen LogP contribution in [0.3, 0.4) is 0 Å². The third-order valence-electron chi connectivity index (χ3n) is 5.80. The zero-order chi connectivity index (χ0) is 23.1. The van der Waals surface area contributed by atoms with Crippen molar-refractivity contribution in [1.29, 1.82) is 0 Å². The van der Waals surface area contributed by atoms with Crippen molar-refractivity contribution in [3.8, 4) is 0 Å². The van der Waals surface area contributed by atoms with Crippen LogP contribution in [0.4, 0.5) is 16.2 Å². The largest absolute Gasteiger partial charge is 0.449 e. The Hall–Kier alpha value is -2.88. The fraction of sp³-hybridized carbons (Fsp3) is 0.636. The zero-order valence-corrected chi connectivity index (χ0v) is 18.9. The summed E-state index contributed by atoms with van der Waals surface area (Å²) < 4.78 is 5.33. The number of para-hydroxylation sites is 2. The molecule has 10 nitrogen and oxygen atoms in total. The van der Waals surface area contributed by atoms with Crippen molar-refractivity contribution in [3.05, 3.63) is 34.4 Å². The van der Waals surface area contributed by atoms with Gasteiger partial charge in [-0.25, -0.2) is 4.79 Å². The van der Waals surface area contributed by atoms with Crippen molar-refractivity contribution in [2.24, 2.45) is 5.92 Å². The average molecular weight is 448 g/mol. The highest BCUT2D eigenvalue weighted by Gasteiger charge is 2.27. The number of hydrogen-bond donors (Lipinski definition) is 0. The number of ether oxygens (including phenoxy) is 1. The minimum Gasteiger partial charge on any atom is -0.449 e. The lowest BCUT2D eigenvalue weighted by Gasteiger charge is -2.36. The van der Waals surface area contributed by atoms with Gasteiger partial charge in [-0.3, -0.25) is 19.8 Å². The molecule has 0 N–H and O–H groups in total. The second-order valence-corrected chi connectivity index (χ2v) is 8.70. The molecule has 0 unspecified atom stereocenters. The predicted molar refractivity (Wildman–Crippen MR) is 121 cm³/mol. The number of hydrogen-bond acceptors (Lipinski definition) is 7. The van der Waals surface area contributed by atoms with E-state index in [1.54, 1.807) is 23.1 Å². The molecule has 1 aromatic carbocycles. The molecule has 0 saturated carbocycles. The highest BCUT2D eigenvalue weighted by Crippen LogP contribution is 2.28. The summed E-state index contributed by atoms with van der Waals surface area (Å²) in [6.45, 7) is 9.52. The molecule has 0 atom stereocenters. The minimum atomic E-state index is -0.367. The molecule has 0 radical (unpaired) electrons. The number of rotatable bonds is 6. The Kier molecular flexibility index (Phi) is 8.26. The number of piperazine rings is 1. The number of benzene rings is 1. The van der Waals surface area contributed by atoms with Gasteiger partial charge >= 0.3 is 6.09 Å². The fourth-order valence-electron chi connectivity index (χ4n) is 4.01. The van der Waals surface area contributed by atoms with Gasteiger partial charge in [0.25, 0.3) is 5.69 Å². The Morgan fingerprint density at radius 3 is 2.38 bits per heavy atom. The second-order valence-electron chi connectivity index (χ2n) is 8.70. The van der Waals surface area contributed by atoms with Gasteiger partial charge in [-0.2, -0.15) is 0 Å². The Morgan fingerprint density at radius 1 is 1.00 bits per heavy atom. The van der Waals surface area contributed by atoms with E-state index in [0.717, 1.165) is 13.0 Å². The predicted octanol–water partition coefficient (Wildman–Crippen LogP) is 2.04. The normalized spacial score (nSPS) is 17.9. The van der Waals surface area contributed by atoms with Crippen LogP contribution in [-0.4, -0.2) is 97.1 Å². The molecule has 176 valence electrons. The first-order chi connectivity index (χ1) is 15.3. The molecule has 1 aromatic rings. The lowest BCUT2D eigenvalue weighted by molar-refractivity contribution is -0.384. The number of amides is 2. The summed E-state index contributed by atoms with van der Waals surface area (Å²) in [6, 6.07) is 6.72. The van der Waals surface area contributed by atoms with Crippen LogP contribution in [0, 0.1) is 16.0 Å². The monoisotopic (exact) mass is 447 g/mol. The van der Waals surface area contributed by atoms with Crippen molar-refractivity contribution in [2.75, 3.05) is 70.4 Å². The smallest absolute Gasteiger partial charge is 0.409 e. The number of anilines is 1. The van der Waals surface area contributed by atoms with Crippen LogP contribution < -0.4 is 4.90 Å². The van der Waals surface area contributed by atoms with Crippen LogP contribution in [-0.2, 0) is 9.53 Å². The van der Waals surface area contributed by atoms with Crippen molar-refractivity contribution in [1.82, 2.24) is 14.7 Å². The zero-order valence-electron chi connectivity index (χ0n) is 18.9. The van der Waals surface area contributed by atoms with Gasteiger partial charge in [0.1, 0.15) is 5.69 Å². The summed E-state index contributed by atoms with van der Waals surface area (Å²) in [5, 5.41) is 11.3. The lowest BCUT2D eigenvalue weighted by atomic mass is 10.2. The van der Waals surface area contributed by atoms with E-state index in [0.29, 0.717) is 70.6 Å². The van der Waals surface area contributed by atoms with Gasteiger partial charge in [-0.15, -0.1) is 0 Å². The molecular formula is C22H33N5O5. The van der Waals surface area contributed by atoms with Crippen LogP contribution >= 0.6 is 0 Å². The molecule has 0 aromatic heterocycles. The molecule has 2 heterocycles. The third kappa shape index (κ3) is 6.32. The first kappa shape index (κ1) is 23.8. The molecule has 10 heteroatoms. The van der Waals surface area contributed by atoms with E-state index >= 15 is 0 Å². The van der Waals surface area contributed by atoms with Gasteiger partial charge in [-0.1, -0.05) is 26.0 Å². The topological polar surface area (TPSA) is 99.5 Å². The van der Waals surface area contributed by atoms with Crippen LogP contribution in [0.5, 0.6) is 0 Å². The van der Waals surface area contributed by atoms with E-state index < -0.39 is 0 Å². The molecular weight excluding hydrogens is 414 g/mol. The van der Waals surface area contributed by atoms with Gasteiger partial charge in [0, 0.05) is 58.4 Å². The Morgan fingerprint density at radius 2 is 1.69 bits per heavy atom. The molecule has 3 rings (SSSR count). The van der Waals surface area contributed by atoms with Crippen LogP contribution in [0.1, 0.15) is 20.3 Å². The van der Waals surface area contributed by atoms with Gasteiger partial charge in [-0.05, 0) is 18.4 Å². The number of nitrogens with zero attached hydrogens (tertiary/aromatic N) is 5. The molecule has 2 saturated heterocycles. The number of carbonyl (C=O) groups excluding carboxylic acids is 2. The SMILES string of the molecule is CC(C)COC(=O)N1CCCN(CC(=O)N2CCN(c3ccccc3[N+](=O)[O-])CC2)CC1. The van der Waals surface area contributed by atoms with E-state index in [-0.39, 0.29) is 22.6 Å². The molecule has 32 heavy (non-hydrogen) atoms. The van der Waals surface area contributed by atoms with Crippen molar-refractivity contribution >= 4 is 23.4 Å². The Labute approximate surface area is 188 Å². The van der Waals surface area contributed by atoms with E-state index in [1.165, 1.54) is 6.07 Å². The van der Waals surface area contributed by atoms with Crippen LogP contribution in [0.25, 0.3) is 0 Å². The highest BCUT2D eigenvalue weighted by atomic mass is 16.6. The lowest BCUT2D eigenvalue weighted by Crippen LogP contribution is -2.51. The second kappa shape index (κ2) is 11.1. The minimum absolute atomic E-state index is 0.0584. The van der Waals surface area contributed by atoms with Crippen LogP contribution in [0.2, 0.25) is 0 Å². The maximum Gasteiger partial charge on any atom is 0.409 e. The van der Waals surface area contributed by atoms with E-state index in [2.05, 4.69) is 4.90 Å². The summed E-state index contributed by atoms with van der Waals surface area (Å²) in [7, 11) is 0. The Bertz CT molecular complexity index is 810. The molecule has 0 spiro atoms. The maximum atomic E-state index is 12.8. The quantitative estimate of drug-likeness (QED) is 0.486. The molecule has 2 amide bonds. The van der Waals surface area contributed by atoms with Gasteiger partial charge < -0.3 is 19.4 Å². The first-order valence-electron chi connectivity index (χ1n) is 11.3. The van der Waals surface area contributed by atoms with E-state index in [9.17, 15) is 19.7 Å². The summed E-state index contributed by atoms with van der Waals surface area (Å²) >= 11 is 0. The standard InChI is InChI=1S/C22H33N5O5/c1-18(2)17-32-22(29)26-9-5-8-23(10-11-26)16-21(28)25-14-12-24(13-15-25)19-6-3-4-7-20(19)27(30)31/h3-4,6-7,18H,5,8-17H2,1-2H3. The number of carbonyl (C=O) groups is 2. The average Bonchev–Trinajstić information content (AvgIpc) is 3.03. The summed E-state index contributed by atoms with van der Waals surface area (Å²) in [4.78, 5) is 43.6. The number of nitro benzene ring substituents is 1. The summed E-state index contributed by atoms with van der Waals surface area (Å²) in [5.74, 6) is 0.358. The summed E-state index contributed by atoms with van der Waals surface area (Å²) in [5.41, 5.74) is 0.690. The Balaban J connectivity index is 1.46. The maximum absolute atomic E-state index is 12.8. The van der Waals surface area contributed by atoms with E-state index in [1.807, 2.05) is 23.6 Å². The molecule has 0 aliphatic carbocycles.